The summed E-state index contributed by atoms with van der Waals surface area (Å²) in [4.78, 5) is 16.7. The normalized spacial score (nSPS) is 14.1. The number of hydrogen-bond donors (Lipinski definition) is 2. The first-order chi connectivity index (χ1) is 10.6. The Bertz CT molecular complexity index is 715. The van der Waals surface area contributed by atoms with Gasteiger partial charge in [-0.2, -0.15) is 0 Å². The molecular formula is C17H15NO4. The number of nitrogens with zero attached hydrogens (tertiary/aromatic N) is 1. The topological polar surface area (TPSA) is 79.1 Å². The lowest BCUT2D eigenvalue weighted by atomic mass is 10.0. The van der Waals surface area contributed by atoms with Crippen LogP contribution in [0, 0.1) is 0 Å². The molecule has 0 saturated heterocycles. The number of phenolic OH excluding ortho intramolecular Hbond substituents is 2. The van der Waals surface area contributed by atoms with Crippen LogP contribution in [-0.2, 0) is 4.74 Å². The Morgan fingerprint density at radius 3 is 2.27 bits per heavy atom. The van der Waals surface area contributed by atoms with E-state index in [9.17, 15) is 15.0 Å². The van der Waals surface area contributed by atoms with E-state index in [1.165, 1.54) is 18.2 Å². The number of hydrogen-bond acceptors (Lipinski definition) is 5. The van der Waals surface area contributed by atoms with Crippen molar-refractivity contribution in [2.45, 2.75) is 6.42 Å². The van der Waals surface area contributed by atoms with Crippen molar-refractivity contribution in [3.8, 4) is 11.5 Å². The molecule has 2 aromatic rings. The van der Waals surface area contributed by atoms with Crippen LogP contribution < -0.4 is 0 Å². The van der Waals surface area contributed by atoms with Crippen LogP contribution in [0.2, 0.25) is 0 Å². The van der Waals surface area contributed by atoms with Gasteiger partial charge in [0.25, 0.3) is 0 Å². The summed E-state index contributed by atoms with van der Waals surface area (Å²) >= 11 is 0. The second kappa shape index (κ2) is 5.89. The summed E-state index contributed by atoms with van der Waals surface area (Å²) in [5.74, 6) is 0.0272. The number of carbonyl (C=O) groups excluding carboxylic acids is 1. The maximum Gasteiger partial charge on any atom is 0.216 e. The molecule has 0 bridgehead atoms. The fourth-order valence-electron chi connectivity index (χ4n) is 2.29. The summed E-state index contributed by atoms with van der Waals surface area (Å²) in [7, 11) is 0. The first kappa shape index (κ1) is 14.1. The number of benzene rings is 2. The zero-order valence-electron chi connectivity index (χ0n) is 11.8. The molecule has 5 heteroatoms. The van der Waals surface area contributed by atoms with Gasteiger partial charge in [0.2, 0.25) is 5.90 Å². The van der Waals surface area contributed by atoms with Crippen molar-refractivity contribution >= 4 is 11.7 Å². The standard InChI is InChI=1S/C17H15NO4/c19-14-8-13(9-15(20)10-14)16(21)11-2-4-12(5-3-11)17-18-6-1-7-22-17/h2-5,8-10,19-20H,1,6-7H2. The number of carbonyl (C=O) groups is 1. The largest absolute Gasteiger partial charge is 0.508 e. The van der Waals surface area contributed by atoms with Gasteiger partial charge < -0.3 is 14.9 Å². The minimum Gasteiger partial charge on any atom is -0.508 e. The number of ketones is 1. The highest BCUT2D eigenvalue weighted by Crippen LogP contribution is 2.22. The zero-order valence-corrected chi connectivity index (χ0v) is 11.8. The van der Waals surface area contributed by atoms with Crippen LogP contribution in [0.15, 0.2) is 47.5 Å². The van der Waals surface area contributed by atoms with Crippen molar-refractivity contribution in [1.29, 1.82) is 0 Å². The predicted octanol–water partition coefficient (Wildman–Crippen LogP) is 2.50. The average Bonchev–Trinajstić information content (AvgIpc) is 2.54. The Hall–Kier alpha value is -2.82. The van der Waals surface area contributed by atoms with Crippen molar-refractivity contribution in [2.24, 2.45) is 4.99 Å². The monoisotopic (exact) mass is 297 g/mol. The Labute approximate surface area is 127 Å². The number of phenols is 2. The molecule has 112 valence electrons. The van der Waals surface area contributed by atoms with Crippen molar-refractivity contribution in [3.63, 3.8) is 0 Å². The summed E-state index contributed by atoms with van der Waals surface area (Å²) in [6.45, 7) is 1.40. The number of rotatable bonds is 3. The highest BCUT2D eigenvalue weighted by Gasteiger charge is 2.13. The van der Waals surface area contributed by atoms with Crippen LogP contribution in [0.4, 0.5) is 0 Å². The minimum atomic E-state index is -0.274. The number of aromatic hydroxyl groups is 2. The lowest BCUT2D eigenvalue weighted by molar-refractivity contribution is 0.103. The fourth-order valence-corrected chi connectivity index (χ4v) is 2.29. The molecule has 1 aliphatic rings. The third kappa shape index (κ3) is 2.93. The summed E-state index contributed by atoms with van der Waals surface area (Å²) in [5, 5.41) is 18.9. The summed E-state index contributed by atoms with van der Waals surface area (Å²) in [6, 6.07) is 10.7. The van der Waals surface area contributed by atoms with E-state index in [1.807, 2.05) is 0 Å². The molecule has 1 heterocycles. The van der Waals surface area contributed by atoms with E-state index >= 15 is 0 Å². The molecule has 22 heavy (non-hydrogen) atoms. The highest BCUT2D eigenvalue weighted by atomic mass is 16.5. The van der Waals surface area contributed by atoms with E-state index in [0.717, 1.165) is 18.5 Å². The molecule has 1 aliphatic heterocycles. The zero-order chi connectivity index (χ0) is 15.5. The van der Waals surface area contributed by atoms with Gasteiger partial charge in [-0.1, -0.05) is 12.1 Å². The van der Waals surface area contributed by atoms with Crippen molar-refractivity contribution in [3.05, 3.63) is 59.2 Å². The van der Waals surface area contributed by atoms with Gasteiger partial charge >= 0.3 is 0 Å². The summed E-state index contributed by atoms with van der Waals surface area (Å²) in [6.07, 6.45) is 0.918. The highest BCUT2D eigenvalue weighted by molar-refractivity contribution is 6.09. The van der Waals surface area contributed by atoms with Crippen molar-refractivity contribution < 1.29 is 19.7 Å². The molecule has 0 spiro atoms. The van der Waals surface area contributed by atoms with Gasteiger partial charge in [0, 0.05) is 35.7 Å². The van der Waals surface area contributed by atoms with E-state index in [2.05, 4.69) is 4.99 Å². The Morgan fingerprint density at radius 2 is 1.68 bits per heavy atom. The third-order valence-electron chi connectivity index (χ3n) is 3.36. The minimum absolute atomic E-state index is 0.148. The molecular weight excluding hydrogens is 282 g/mol. The molecule has 5 nitrogen and oxygen atoms in total. The van der Waals surface area contributed by atoms with E-state index in [0.29, 0.717) is 18.1 Å². The number of ether oxygens (including phenoxy) is 1. The van der Waals surface area contributed by atoms with E-state index < -0.39 is 0 Å². The molecule has 0 amide bonds. The van der Waals surface area contributed by atoms with Crippen LogP contribution in [0.1, 0.15) is 27.9 Å². The fraction of sp³-hybridized carbons (Fsp3) is 0.176. The molecule has 2 N–H and O–H groups in total. The molecule has 3 rings (SSSR count). The molecule has 0 aromatic heterocycles. The third-order valence-corrected chi connectivity index (χ3v) is 3.36. The Balaban J connectivity index is 1.86. The molecule has 0 saturated carbocycles. The number of aliphatic imine (C=N–C) groups is 1. The lowest BCUT2D eigenvalue weighted by Gasteiger charge is -2.13. The SMILES string of the molecule is O=C(c1ccc(C2=NCCCO2)cc1)c1cc(O)cc(O)c1. The maximum absolute atomic E-state index is 12.4. The van der Waals surface area contributed by atoms with Crippen molar-refractivity contribution in [1.82, 2.24) is 0 Å². The second-order valence-electron chi connectivity index (χ2n) is 5.03. The summed E-state index contributed by atoms with van der Waals surface area (Å²) < 4.78 is 5.48. The summed E-state index contributed by atoms with van der Waals surface area (Å²) in [5.41, 5.74) is 1.52. The van der Waals surface area contributed by atoms with E-state index in [1.54, 1.807) is 24.3 Å². The Kier molecular flexibility index (Phi) is 3.78. The van der Waals surface area contributed by atoms with Gasteiger partial charge in [-0.3, -0.25) is 9.79 Å². The van der Waals surface area contributed by atoms with Crippen LogP contribution >= 0.6 is 0 Å². The van der Waals surface area contributed by atoms with Gasteiger partial charge in [-0.25, -0.2) is 0 Å². The van der Waals surface area contributed by atoms with E-state index in [4.69, 9.17) is 4.74 Å². The molecule has 0 aliphatic carbocycles. The van der Waals surface area contributed by atoms with Crippen LogP contribution in [0.25, 0.3) is 0 Å². The predicted molar refractivity (Wildman–Crippen MR) is 81.6 cm³/mol. The average molecular weight is 297 g/mol. The van der Waals surface area contributed by atoms with Crippen LogP contribution in [0.5, 0.6) is 11.5 Å². The van der Waals surface area contributed by atoms with Crippen molar-refractivity contribution in [2.75, 3.05) is 13.2 Å². The molecule has 0 fully saturated rings. The van der Waals surface area contributed by atoms with Gasteiger partial charge in [0.1, 0.15) is 11.5 Å². The maximum atomic E-state index is 12.4. The van der Waals surface area contributed by atoms with Gasteiger partial charge in [0.15, 0.2) is 5.78 Å². The smallest absolute Gasteiger partial charge is 0.216 e. The molecule has 0 unspecified atom stereocenters. The van der Waals surface area contributed by atoms with Gasteiger partial charge in [0.05, 0.1) is 6.61 Å². The quantitative estimate of drug-likeness (QED) is 0.853. The van der Waals surface area contributed by atoms with Crippen LogP contribution in [-0.4, -0.2) is 35.0 Å². The molecule has 0 atom stereocenters. The van der Waals surface area contributed by atoms with Gasteiger partial charge in [-0.15, -0.1) is 0 Å². The van der Waals surface area contributed by atoms with Crippen LogP contribution in [0.3, 0.4) is 0 Å². The first-order valence-electron chi connectivity index (χ1n) is 6.99. The second-order valence-corrected chi connectivity index (χ2v) is 5.03. The molecule has 2 aromatic carbocycles. The Morgan fingerprint density at radius 1 is 1.00 bits per heavy atom. The molecule has 0 radical (unpaired) electrons. The van der Waals surface area contributed by atoms with E-state index in [-0.39, 0.29) is 22.8 Å². The first-order valence-corrected chi connectivity index (χ1v) is 6.99. The lowest BCUT2D eigenvalue weighted by Crippen LogP contribution is -2.14. The van der Waals surface area contributed by atoms with Gasteiger partial charge in [-0.05, 0) is 24.3 Å².